The molecule has 4 aromatic rings. The predicted molar refractivity (Wildman–Crippen MR) is 134 cm³/mol. The van der Waals surface area contributed by atoms with Crippen molar-refractivity contribution in [3.63, 3.8) is 0 Å². The maximum Gasteiger partial charge on any atom is 0.255 e. The molecule has 1 N–H and O–H groups in total. The summed E-state index contributed by atoms with van der Waals surface area (Å²) < 4.78 is 17.3. The molecule has 0 bridgehead atoms. The molecule has 5 nitrogen and oxygen atoms in total. The first-order chi connectivity index (χ1) is 16.8. The van der Waals surface area contributed by atoms with E-state index in [2.05, 4.69) is 17.4 Å². The summed E-state index contributed by atoms with van der Waals surface area (Å²) >= 11 is 0. The van der Waals surface area contributed by atoms with Gasteiger partial charge in [0.15, 0.2) is 0 Å². The van der Waals surface area contributed by atoms with Gasteiger partial charge in [-0.25, -0.2) is 0 Å². The lowest BCUT2D eigenvalue weighted by atomic mass is 10.1. The number of carbonyl (C=O) groups excluding carboxylic acids is 1. The third kappa shape index (κ3) is 6.87. The van der Waals surface area contributed by atoms with E-state index in [1.165, 1.54) is 5.56 Å². The molecule has 0 heterocycles. The van der Waals surface area contributed by atoms with Crippen LogP contribution in [0, 0.1) is 0 Å². The third-order valence-electron chi connectivity index (χ3n) is 5.11. The molecular formula is C29H27NO4. The van der Waals surface area contributed by atoms with Gasteiger partial charge in [0, 0.05) is 12.0 Å². The maximum absolute atomic E-state index is 12.8. The summed E-state index contributed by atoms with van der Waals surface area (Å²) in [6.07, 6.45) is 0.830. The number of anilines is 1. The standard InChI is InChI=1S/C29H27NO4/c31-29(24-15-17-26(18-16-24)32-20-19-23-9-3-1-4-10-23)30-27-13-7-8-14-28(27)34-22-21-33-25-11-5-2-6-12-25/h1-18H,19-22H2,(H,30,31). The number of nitrogens with one attached hydrogen (secondary N) is 1. The Kier molecular flexibility index (Phi) is 8.17. The van der Waals surface area contributed by atoms with Crippen LogP contribution in [0.25, 0.3) is 0 Å². The second-order valence-electron chi connectivity index (χ2n) is 7.57. The predicted octanol–water partition coefficient (Wildman–Crippen LogP) is 6.02. The minimum atomic E-state index is -0.215. The summed E-state index contributed by atoms with van der Waals surface area (Å²) in [5.74, 6) is 1.90. The normalized spacial score (nSPS) is 10.4. The largest absolute Gasteiger partial charge is 0.493 e. The molecule has 1 amide bonds. The lowest BCUT2D eigenvalue weighted by Gasteiger charge is -2.13. The monoisotopic (exact) mass is 453 g/mol. The smallest absolute Gasteiger partial charge is 0.255 e. The molecule has 0 spiro atoms. The van der Waals surface area contributed by atoms with Crippen molar-refractivity contribution in [2.75, 3.05) is 25.1 Å². The van der Waals surface area contributed by atoms with E-state index >= 15 is 0 Å². The molecule has 0 saturated heterocycles. The lowest BCUT2D eigenvalue weighted by Crippen LogP contribution is -2.14. The second kappa shape index (κ2) is 12.1. The zero-order valence-electron chi connectivity index (χ0n) is 18.9. The van der Waals surface area contributed by atoms with Crippen LogP contribution < -0.4 is 19.5 Å². The highest BCUT2D eigenvalue weighted by Crippen LogP contribution is 2.25. The Morgan fingerprint density at radius 2 is 1.18 bits per heavy atom. The van der Waals surface area contributed by atoms with E-state index in [1.54, 1.807) is 12.1 Å². The van der Waals surface area contributed by atoms with Crippen molar-refractivity contribution in [3.05, 3.63) is 120 Å². The van der Waals surface area contributed by atoms with Gasteiger partial charge in [-0.1, -0.05) is 60.7 Å². The average molecular weight is 454 g/mol. The van der Waals surface area contributed by atoms with Crippen molar-refractivity contribution in [2.24, 2.45) is 0 Å². The Labute approximate surface area is 199 Å². The van der Waals surface area contributed by atoms with Crippen LogP contribution in [0.4, 0.5) is 5.69 Å². The van der Waals surface area contributed by atoms with E-state index in [-0.39, 0.29) is 5.91 Å². The SMILES string of the molecule is O=C(Nc1ccccc1OCCOc1ccccc1)c1ccc(OCCc2ccccc2)cc1. The first-order valence-corrected chi connectivity index (χ1v) is 11.3. The lowest BCUT2D eigenvalue weighted by molar-refractivity contribution is 0.102. The summed E-state index contributed by atoms with van der Waals surface area (Å²) in [6.45, 7) is 1.34. The van der Waals surface area contributed by atoms with Gasteiger partial charge in [-0.05, 0) is 54.1 Å². The number of hydrogen-bond acceptors (Lipinski definition) is 4. The van der Waals surface area contributed by atoms with Gasteiger partial charge in [-0.3, -0.25) is 4.79 Å². The van der Waals surface area contributed by atoms with Crippen LogP contribution in [0.1, 0.15) is 15.9 Å². The van der Waals surface area contributed by atoms with E-state index < -0.39 is 0 Å². The number of ether oxygens (including phenoxy) is 3. The minimum Gasteiger partial charge on any atom is -0.493 e. The van der Waals surface area contributed by atoms with Crippen molar-refractivity contribution in [3.8, 4) is 17.2 Å². The first kappa shape index (κ1) is 22.9. The summed E-state index contributed by atoms with van der Waals surface area (Å²) in [7, 11) is 0. The third-order valence-corrected chi connectivity index (χ3v) is 5.11. The highest BCUT2D eigenvalue weighted by molar-refractivity contribution is 6.05. The van der Waals surface area contributed by atoms with Crippen molar-refractivity contribution >= 4 is 11.6 Å². The topological polar surface area (TPSA) is 56.8 Å². The minimum absolute atomic E-state index is 0.215. The van der Waals surface area contributed by atoms with Crippen LogP contribution in [0.5, 0.6) is 17.2 Å². The van der Waals surface area contributed by atoms with Gasteiger partial charge in [0.1, 0.15) is 30.5 Å². The summed E-state index contributed by atoms with van der Waals surface area (Å²) in [6, 6.07) is 34.2. The van der Waals surface area contributed by atoms with Gasteiger partial charge < -0.3 is 19.5 Å². The van der Waals surface area contributed by atoms with Gasteiger partial charge in [0.2, 0.25) is 0 Å². The molecule has 5 heteroatoms. The molecule has 34 heavy (non-hydrogen) atoms. The summed E-state index contributed by atoms with van der Waals surface area (Å²) in [5, 5.41) is 2.92. The van der Waals surface area contributed by atoms with Crippen LogP contribution in [-0.4, -0.2) is 25.7 Å². The number of hydrogen-bond donors (Lipinski definition) is 1. The van der Waals surface area contributed by atoms with E-state index in [1.807, 2.05) is 84.9 Å². The molecule has 0 aliphatic rings. The number of carbonyl (C=O) groups is 1. The number of amides is 1. The molecule has 0 aromatic heterocycles. The number of rotatable bonds is 11. The van der Waals surface area contributed by atoms with Crippen LogP contribution in [-0.2, 0) is 6.42 Å². The van der Waals surface area contributed by atoms with Gasteiger partial charge in [-0.15, -0.1) is 0 Å². The van der Waals surface area contributed by atoms with Gasteiger partial charge in [0.25, 0.3) is 5.91 Å². The van der Waals surface area contributed by atoms with Crippen molar-refractivity contribution in [2.45, 2.75) is 6.42 Å². The number of benzene rings is 4. The zero-order chi connectivity index (χ0) is 23.4. The van der Waals surface area contributed by atoms with Crippen molar-refractivity contribution < 1.29 is 19.0 Å². The van der Waals surface area contributed by atoms with E-state index in [4.69, 9.17) is 14.2 Å². The highest BCUT2D eigenvalue weighted by atomic mass is 16.5. The zero-order valence-corrected chi connectivity index (χ0v) is 18.9. The van der Waals surface area contributed by atoms with E-state index in [0.717, 1.165) is 17.9 Å². The Hall–Kier alpha value is -4.25. The fourth-order valence-electron chi connectivity index (χ4n) is 3.35. The molecule has 4 aromatic carbocycles. The molecule has 0 saturated carbocycles. The Bertz CT molecular complexity index is 1160. The molecule has 4 rings (SSSR count). The molecule has 0 atom stereocenters. The van der Waals surface area contributed by atoms with Gasteiger partial charge in [0.05, 0.1) is 12.3 Å². The van der Waals surface area contributed by atoms with Crippen molar-refractivity contribution in [1.29, 1.82) is 0 Å². The van der Waals surface area contributed by atoms with E-state index in [0.29, 0.717) is 36.8 Å². The first-order valence-electron chi connectivity index (χ1n) is 11.3. The quantitative estimate of drug-likeness (QED) is 0.282. The van der Waals surface area contributed by atoms with Crippen LogP contribution >= 0.6 is 0 Å². The van der Waals surface area contributed by atoms with Gasteiger partial charge >= 0.3 is 0 Å². The van der Waals surface area contributed by atoms with Crippen LogP contribution in [0.15, 0.2) is 109 Å². The van der Waals surface area contributed by atoms with Crippen LogP contribution in [0.3, 0.4) is 0 Å². The maximum atomic E-state index is 12.8. The second-order valence-corrected chi connectivity index (χ2v) is 7.57. The molecule has 0 aliphatic carbocycles. The fourth-order valence-corrected chi connectivity index (χ4v) is 3.35. The Morgan fingerprint density at radius 3 is 1.94 bits per heavy atom. The Morgan fingerprint density at radius 1 is 0.588 bits per heavy atom. The highest BCUT2D eigenvalue weighted by Gasteiger charge is 2.10. The van der Waals surface area contributed by atoms with E-state index in [9.17, 15) is 4.79 Å². The number of para-hydroxylation sites is 3. The van der Waals surface area contributed by atoms with Gasteiger partial charge in [-0.2, -0.15) is 0 Å². The Balaban J connectivity index is 1.26. The molecule has 0 fully saturated rings. The average Bonchev–Trinajstić information content (AvgIpc) is 2.89. The fraction of sp³-hybridized carbons (Fsp3) is 0.138. The molecule has 0 radical (unpaired) electrons. The molecule has 172 valence electrons. The van der Waals surface area contributed by atoms with Crippen LogP contribution in [0.2, 0.25) is 0 Å². The summed E-state index contributed by atoms with van der Waals surface area (Å²) in [4.78, 5) is 12.8. The molecule has 0 unspecified atom stereocenters. The van der Waals surface area contributed by atoms with Crippen molar-refractivity contribution in [1.82, 2.24) is 0 Å². The summed E-state index contributed by atoms with van der Waals surface area (Å²) in [5.41, 5.74) is 2.37. The molecule has 0 aliphatic heterocycles. The molecular weight excluding hydrogens is 426 g/mol.